The number of anilines is 3. The molecule has 310 valence electrons. The van der Waals surface area contributed by atoms with E-state index in [4.69, 9.17) is 0 Å². The quantitative estimate of drug-likeness (QED) is 0.140. The molecule has 1 heteroatoms. The Morgan fingerprint density at radius 3 is 1.45 bits per heavy atom. The third-order valence-corrected chi connectivity index (χ3v) is 13.6. The maximum Gasteiger partial charge on any atom is 0.0714 e. The Kier molecular flexibility index (Phi) is 9.81. The molecule has 0 N–H and O–H groups in total. The first-order valence-corrected chi connectivity index (χ1v) is 22.8. The molecule has 0 saturated carbocycles. The summed E-state index contributed by atoms with van der Waals surface area (Å²) in [7, 11) is 0. The van der Waals surface area contributed by atoms with Crippen molar-refractivity contribution in [1.29, 1.82) is 0 Å². The van der Waals surface area contributed by atoms with E-state index in [1.165, 1.54) is 83.1 Å². The first kappa shape index (κ1) is 39.1. The van der Waals surface area contributed by atoms with E-state index in [0.29, 0.717) is 0 Å². The minimum absolute atomic E-state index is 0.532. The number of benzene rings is 11. The highest BCUT2D eigenvalue weighted by atomic mass is 15.1. The summed E-state index contributed by atoms with van der Waals surface area (Å²) in [5.74, 6) is 0. The summed E-state index contributed by atoms with van der Waals surface area (Å²) in [6.45, 7) is 0. The molecular weight excluding hydrogens is 795 g/mol. The Balaban J connectivity index is 1.11. The van der Waals surface area contributed by atoms with E-state index < -0.39 is 5.41 Å². The number of hydrogen-bond acceptors (Lipinski definition) is 1. The van der Waals surface area contributed by atoms with Gasteiger partial charge in [0.15, 0.2) is 0 Å². The van der Waals surface area contributed by atoms with Gasteiger partial charge in [0, 0.05) is 16.8 Å². The molecule has 1 nitrogen and oxygen atoms in total. The molecule has 0 spiro atoms. The van der Waals surface area contributed by atoms with Crippen molar-refractivity contribution in [2.45, 2.75) is 5.41 Å². The maximum atomic E-state index is 2.48. The van der Waals surface area contributed by atoms with Crippen LogP contribution in [0.5, 0.6) is 0 Å². The summed E-state index contributed by atoms with van der Waals surface area (Å²) in [5.41, 5.74) is 19.9. The van der Waals surface area contributed by atoms with Gasteiger partial charge in [-0.05, 0) is 114 Å². The Morgan fingerprint density at radius 2 is 0.742 bits per heavy atom. The topological polar surface area (TPSA) is 3.24 Å². The number of hydrogen-bond donors (Lipinski definition) is 0. The Morgan fingerprint density at radius 1 is 0.273 bits per heavy atom. The lowest BCUT2D eigenvalue weighted by atomic mass is 9.67. The second kappa shape index (κ2) is 16.6. The van der Waals surface area contributed by atoms with Crippen molar-refractivity contribution in [2.75, 3.05) is 4.90 Å². The minimum atomic E-state index is -0.532. The Hall–Kier alpha value is -8.52. The molecule has 0 bridgehead atoms. The maximum absolute atomic E-state index is 2.48. The van der Waals surface area contributed by atoms with Crippen LogP contribution in [-0.2, 0) is 5.41 Å². The molecule has 0 heterocycles. The predicted octanol–water partition coefficient (Wildman–Crippen LogP) is 17.3. The first-order valence-electron chi connectivity index (χ1n) is 22.8. The fraction of sp³-hybridized carbons (Fsp3) is 0.0154. The van der Waals surface area contributed by atoms with E-state index in [1.807, 2.05) is 0 Å². The zero-order valence-electron chi connectivity index (χ0n) is 36.4. The van der Waals surface area contributed by atoms with Crippen molar-refractivity contribution >= 4 is 27.8 Å². The molecule has 0 aliphatic heterocycles. The summed E-state index contributed by atoms with van der Waals surface area (Å²) in [6.07, 6.45) is 0. The predicted molar refractivity (Wildman–Crippen MR) is 278 cm³/mol. The Labute approximate surface area is 387 Å². The average molecular weight is 840 g/mol. The number of rotatable bonds is 9. The van der Waals surface area contributed by atoms with Crippen LogP contribution in [0.2, 0.25) is 0 Å². The fourth-order valence-electron chi connectivity index (χ4n) is 10.7. The van der Waals surface area contributed by atoms with Gasteiger partial charge in [-0.25, -0.2) is 0 Å². The number of nitrogens with zero attached hydrogens (tertiary/aromatic N) is 1. The molecule has 1 aliphatic rings. The van der Waals surface area contributed by atoms with Gasteiger partial charge in [-0.3, -0.25) is 0 Å². The summed E-state index contributed by atoms with van der Waals surface area (Å²) < 4.78 is 0. The van der Waals surface area contributed by atoms with Crippen molar-refractivity contribution in [3.8, 4) is 55.6 Å². The highest BCUT2D eigenvalue weighted by Gasteiger charge is 2.46. The van der Waals surface area contributed by atoms with Crippen LogP contribution < -0.4 is 4.90 Å². The smallest absolute Gasteiger partial charge is 0.0714 e. The molecule has 0 saturated heterocycles. The third-order valence-electron chi connectivity index (χ3n) is 13.6. The van der Waals surface area contributed by atoms with E-state index in [2.05, 4.69) is 278 Å². The molecule has 0 amide bonds. The standard InChI is InChI=1S/C65H45N/c1-5-22-46(23-6-1)54-34-15-16-37-60(54)64-56(48-24-7-2-8-25-48)38-21-39-57(64)49-28-19-33-52(44-49)66(63-41-20-27-47-26-13-14-35-55(47)63)53-42-43-59-58-36-17-18-40-61(58)65(62(59)45-53,50-29-9-3-10-30-50)51-31-11-4-12-32-51/h1-45H. The van der Waals surface area contributed by atoms with Crippen molar-refractivity contribution in [2.24, 2.45) is 0 Å². The summed E-state index contributed by atoms with van der Waals surface area (Å²) in [5, 5.41) is 2.39. The lowest BCUT2D eigenvalue weighted by Gasteiger charge is -2.35. The molecule has 0 radical (unpaired) electrons. The van der Waals surface area contributed by atoms with Crippen LogP contribution >= 0.6 is 0 Å². The average Bonchev–Trinajstić information content (AvgIpc) is 3.70. The van der Waals surface area contributed by atoms with Gasteiger partial charge in [0.2, 0.25) is 0 Å². The summed E-state index contributed by atoms with van der Waals surface area (Å²) >= 11 is 0. The molecule has 1 aliphatic carbocycles. The van der Waals surface area contributed by atoms with E-state index in [9.17, 15) is 0 Å². The van der Waals surface area contributed by atoms with Crippen LogP contribution in [0.15, 0.2) is 273 Å². The van der Waals surface area contributed by atoms with Crippen molar-refractivity contribution < 1.29 is 0 Å². The lowest BCUT2D eigenvalue weighted by molar-refractivity contribution is 0.768. The molecule has 12 rings (SSSR count). The summed E-state index contributed by atoms with van der Waals surface area (Å²) in [6, 6.07) is 100. The highest BCUT2D eigenvalue weighted by molar-refractivity contribution is 6.02. The van der Waals surface area contributed by atoms with Gasteiger partial charge in [0.05, 0.1) is 11.1 Å². The summed E-state index contributed by atoms with van der Waals surface area (Å²) in [4.78, 5) is 2.48. The second-order valence-corrected chi connectivity index (χ2v) is 17.1. The molecule has 0 aromatic heterocycles. The van der Waals surface area contributed by atoms with Gasteiger partial charge < -0.3 is 4.90 Å². The molecule has 0 unspecified atom stereocenters. The minimum Gasteiger partial charge on any atom is -0.310 e. The zero-order valence-corrected chi connectivity index (χ0v) is 36.4. The zero-order chi connectivity index (χ0) is 43.9. The van der Waals surface area contributed by atoms with E-state index >= 15 is 0 Å². The van der Waals surface area contributed by atoms with Crippen LogP contribution in [0, 0.1) is 0 Å². The van der Waals surface area contributed by atoms with Gasteiger partial charge in [-0.1, -0.05) is 243 Å². The van der Waals surface area contributed by atoms with Crippen LogP contribution in [0.1, 0.15) is 22.3 Å². The molecule has 66 heavy (non-hydrogen) atoms. The van der Waals surface area contributed by atoms with Gasteiger partial charge >= 0.3 is 0 Å². The van der Waals surface area contributed by atoms with Crippen molar-refractivity contribution in [1.82, 2.24) is 0 Å². The monoisotopic (exact) mass is 839 g/mol. The van der Waals surface area contributed by atoms with Gasteiger partial charge in [-0.15, -0.1) is 0 Å². The SMILES string of the molecule is c1ccc(-c2ccccc2-c2c(-c3ccccc3)cccc2-c2cccc(N(c3ccc4c(c3)C(c3ccccc3)(c3ccccc3)c3ccccc3-4)c3cccc4ccccc34)c2)cc1. The second-order valence-electron chi connectivity index (χ2n) is 17.1. The lowest BCUT2D eigenvalue weighted by Crippen LogP contribution is -2.28. The van der Waals surface area contributed by atoms with Crippen LogP contribution in [0.3, 0.4) is 0 Å². The van der Waals surface area contributed by atoms with E-state index in [0.717, 1.165) is 22.6 Å². The molecule has 11 aromatic rings. The molecular formula is C65H45N. The number of fused-ring (bicyclic) bond motifs is 4. The van der Waals surface area contributed by atoms with Gasteiger partial charge in [0.1, 0.15) is 0 Å². The van der Waals surface area contributed by atoms with E-state index in [1.54, 1.807) is 0 Å². The molecule has 0 atom stereocenters. The normalized spacial score (nSPS) is 12.4. The molecule has 11 aromatic carbocycles. The highest BCUT2D eigenvalue weighted by Crippen LogP contribution is 2.57. The first-order chi connectivity index (χ1) is 32.8. The van der Waals surface area contributed by atoms with Crippen LogP contribution in [0.25, 0.3) is 66.4 Å². The van der Waals surface area contributed by atoms with E-state index in [-0.39, 0.29) is 0 Å². The fourth-order valence-corrected chi connectivity index (χ4v) is 10.7. The molecule has 0 fully saturated rings. The van der Waals surface area contributed by atoms with Crippen LogP contribution in [0.4, 0.5) is 17.1 Å². The van der Waals surface area contributed by atoms with Crippen molar-refractivity contribution in [3.63, 3.8) is 0 Å². The van der Waals surface area contributed by atoms with Gasteiger partial charge in [-0.2, -0.15) is 0 Å². The van der Waals surface area contributed by atoms with Crippen LogP contribution in [-0.4, -0.2) is 0 Å². The third kappa shape index (κ3) is 6.47. The largest absolute Gasteiger partial charge is 0.310 e. The van der Waals surface area contributed by atoms with Crippen molar-refractivity contribution in [3.05, 3.63) is 295 Å². The Bertz CT molecular complexity index is 3480. The van der Waals surface area contributed by atoms with Gasteiger partial charge in [0.25, 0.3) is 0 Å².